The van der Waals surface area contributed by atoms with Gasteiger partial charge in [0.25, 0.3) is 5.91 Å². The third-order valence-corrected chi connectivity index (χ3v) is 7.62. The number of anilines is 2. The molecule has 1 aliphatic heterocycles. The van der Waals surface area contributed by atoms with Crippen LogP contribution in [0.15, 0.2) is 54.6 Å². The fourth-order valence-corrected chi connectivity index (χ4v) is 5.74. The summed E-state index contributed by atoms with van der Waals surface area (Å²) >= 11 is 9.03. The molecule has 1 saturated heterocycles. The molecule has 1 aliphatic rings. The van der Waals surface area contributed by atoms with Gasteiger partial charge in [-0.3, -0.25) is 14.9 Å². The summed E-state index contributed by atoms with van der Waals surface area (Å²) in [5.74, 6) is -0.296. The van der Waals surface area contributed by atoms with Gasteiger partial charge < -0.3 is 4.90 Å². The van der Waals surface area contributed by atoms with E-state index >= 15 is 0 Å². The molecule has 150 valence electrons. The highest BCUT2D eigenvalue weighted by atomic mass is 35.5. The van der Waals surface area contributed by atoms with E-state index in [1.807, 2.05) is 54.6 Å². The van der Waals surface area contributed by atoms with E-state index in [2.05, 4.69) is 15.5 Å². The Morgan fingerprint density at radius 2 is 1.83 bits per heavy atom. The number of rotatable bonds is 4. The molecule has 5 rings (SSSR count). The lowest BCUT2D eigenvalue weighted by Gasteiger charge is -2.15. The molecule has 0 unspecified atom stereocenters. The van der Waals surface area contributed by atoms with Gasteiger partial charge in [-0.2, -0.15) is 0 Å². The topological polar surface area (TPSA) is 75.2 Å². The molecule has 1 atom stereocenters. The van der Waals surface area contributed by atoms with Crippen LogP contribution in [0.1, 0.15) is 27.0 Å². The third-order valence-electron chi connectivity index (χ3n) is 4.94. The van der Waals surface area contributed by atoms with Crippen molar-refractivity contribution in [2.24, 2.45) is 0 Å². The largest absolute Gasteiger partial charge is 0.312 e. The summed E-state index contributed by atoms with van der Waals surface area (Å²) in [5.41, 5.74) is 0.877. The molecular formula is C21H15ClN4O2S2. The van der Waals surface area contributed by atoms with Crippen molar-refractivity contribution in [2.75, 3.05) is 16.8 Å². The molecule has 9 heteroatoms. The van der Waals surface area contributed by atoms with Crippen LogP contribution in [-0.4, -0.2) is 28.6 Å². The van der Waals surface area contributed by atoms with Gasteiger partial charge in [-0.1, -0.05) is 59.3 Å². The van der Waals surface area contributed by atoms with Crippen LogP contribution >= 0.6 is 34.3 Å². The van der Waals surface area contributed by atoms with Crippen LogP contribution in [0.4, 0.5) is 10.8 Å². The fourth-order valence-electron chi connectivity index (χ4n) is 3.49. The van der Waals surface area contributed by atoms with Crippen LogP contribution < -0.4 is 10.2 Å². The number of thiophene rings is 1. The van der Waals surface area contributed by atoms with Gasteiger partial charge in [0.1, 0.15) is 9.88 Å². The predicted octanol–water partition coefficient (Wildman–Crippen LogP) is 5.18. The number of carbonyl (C=O) groups is 2. The van der Waals surface area contributed by atoms with Crippen LogP contribution in [0.25, 0.3) is 10.1 Å². The lowest BCUT2D eigenvalue weighted by molar-refractivity contribution is -0.117. The SMILES string of the molecule is O=C(Nc1nnc([C@H]2CC(=O)N(c3ccccc3)C2)s1)c1sc2ccccc2c1Cl. The van der Waals surface area contributed by atoms with E-state index in [9.17, 15) is 9.59 Å². The second kappa shape index (κ2) is 7.79. The smallest absolute Gasteiger partial charge is 0.269 e. The Labute approximate surface area is 185 Å². The number of amides is 2. The number of hydrogen-bond acceptors (Lipinski definition) is 6. The zero-order valence-electron chi connectivity index (χ0n) is 15.5. The van der Waals surface area contributed by atoms with Crippen molar-refractivity contribution in [2.45, 2.75) is 12.3 Å². The van der Waals surface area contributed by atoms with Crippen molar-refractivity contribution < 1.29 is 9.59 Å². The molecule has 0 spiro atoms. The van der Waals surface area contributed by atoms with Gasteiger partial charge in [0.05, 0.1) is 5.02 Å². The Morgan fingerprint density at radius 1 is 1.07 bits per heavy atom. The number of carbonyl (C=O) groups excluding carboxylic acids is 2. The van der Waals surface area contributed by atoms with Crippen LogP contribution in [0.5, 0.6) is 0 Å². The average Bonchev–Trinajstić information content (AvgIpc) is 3.46. The van der Waals surface area contributed by atoms with E-state index in [-0.39, 0.29) is 17.7 Å². The summed E-state index contributed by atoms with van der Waals surface area (Å²) in [6.45, 7) is 0.549. The van der Waals surface area contributed by atoms with Crippen molar-refractivity contribution in [1.82, 2.24) is 10.2 Å². The van der Waals surface area contributed by atoms with Crippen LogP contribution in [-0.2, 0) is 4.79 Å². The molecular weight excluding hydrogens is 440 g/mol. The Kier molecular flexibility index (Phi) is 4.98. The fraction of sp³-hybridized carbons (Fsp3) is 0.143. The highest BCUT2D eigenvalue weighted by molar-refractivity contribution is 7.22. The molecule has 6 nitrogen and oxygen atoms in total. The zero-order chi connectivity index (χ0) is 20.7. The quantitative estimate of drug-likeness (QED) is 0.461. The summed E-state index contributed by atoms with van der Waals surface area (Å²) in [6.07, 6.45) is 0.375. The van der Waals surface area contributed by atoms with Gasteiger partial charge >= 0.3 is 0 Å². The van der Waals surface area contributed by atoms with Gasteiger partial charge in [-0.25, -0.2) is 0 Å². The highest BCUT2D eigenvalue weighted by Crippen LogP contribution is 2.37. The van der Waals surface area contributed by atoms with E-state index < -0.39 is 0 Å². The molecule has 30 heavy (non-hydrogen) atoms. The standard InChI is InChI=1S/C21H15ClN4O2S2/c22-17-14-8-4-5-9-15(14)29-18(17)19(28)23-21-25-24-20(30-21)12-10-16(27)26(11-12)13-6-2-1-3-7-13/h1-9,12H,10-11H2,(H,23,25,28)/t12-/m0/s1. The molecule has 2 aromatic heterocycles. The summed E-state index contributed by atoms with van der Waals surface area (Å²) in [6, 6.07) is 17.2. The zero-order valence-corrected chi connectivity index (χ0v) is 17.9. The number of benzene rings is 2. The summed E-state index contributed by atoms with van der Waals surface area (Å²) in [7, 11) is 0. The molecule has 3 heterocycles. The van der Waals surface area contributed by atoms with Gasteiger partial charge in [0.15, 0.2) is 0 Å². The molecule has 0 radical (unpaired) electrons. The monoisotopic (exact) mass is 454 g/mol. The molecule has 1 fully saturated rings. The first-order valence-electron chi connectivity index (χ1n) is 9.27. The number of nitrogens with one attached hydrogen (secondary N) is 1. The number of hydrogen-bond donors (Lipinski definition) is 1. The van der Waals surface area contributed by atoms with Crippen LogP contribution in [0.3, 0.4) is 0 Å². The van der Waals surface area contributed by atoms with E-state index in [1.54, 1.807) is 4.90 Å². The number of fused-ring (bicyclic) bond motifs is 1. The van der Waals surface area contributed by atoms with Gasteiger partial charge in [0, 0.05) is 34.7 Å². The number of halogens is 1. The van der Waals surface area contributed by atoms with Crippen molar-refractivity contribution in [1.29, 1.82) is 0 Å². The van der Waals surface area contributed by atoms with Crippen LogP contribution in [0.2, 0.25) is 5.02 Å². The van der Waals surface area contributed by atoms with E-state index in [4.69, 9.17) is 11.6 Å². The summed E-state index contributed by atoms with van der Waals surface area (Å²) in [4.78, 5) is 27.4. The Hall–Kier alpha value is -2.81. The van der Waals surface area contributed by atoms with Crippen LogP contribution in [0, 0.1) is 0 Å². The Morgan fingerprint density at radius 3 is 2.63 bits per heavy atom. The number of para-hydroxylation sites is 1. The summed E-state index contributed by atoms with van der Waals surface area (Å²) in [5, 5.41) is 13.5. The normalized spacial score (nSPS) is 16.4. The van der Waals surface area contributed by atoms with Gasteiger partial charge in [-0.15, -0.1) is 21.5 Å². The second-order valence-electron chi connectivity index (χ2n) is 6.88. The van der Waals surface area contributed by atoms with Crippen molar-refractivity contribution in [3.63, 3.8) is 0 Å². The Bertz CT molecular complexity index is 1250. The minimum absolute atomic E-state index is 0.0474. The van der Waals surface area contributed by atoms with E-state index in [0.29, 0.717) is 28.0 Å². The molecule has 0 saturated carbocycles. The van der Waals surface area contributed by atoms with Gasteiger partial charge in [-0.05, 0) is 18.2 Å². The third kappa shape index (κ3) is 3.47. The molecule has 4 aromatic rings. The minimum Gasteiger partial charge on any atom is -0.312 e. The first-order chi connectivity index (χ1) is 14.6. The second-order valence-corrected chi connectivity index (χ2v) is 9.32. The molecule has 0 aliphatic carbocycles. The minimum atomic E-state index is -0.308. The average molecular weight is 455 g/mol. The van der Waals surface area contributed by atoms with E-state index in [1.165, 1.54) is 22.7 Å². The number of nitrogens with zero attached hydrogens (tertiary/aromatic N) is 3. The lowest BCUT2D eigenvalue weighted by Crippen LogP contribution is -2.24. The van der Waals surface area contributed by atoms with Crippen molar-refractivity contribution in [3.05, 3.63) is 69.5 Å². The molecule has 2 amide bonds. The molecule has 1 N–H and O–H groups in total. The maximum atomic E-state index is 12.7. The first kappa shape index (κ1) is 19.2. The summed E-state index contributed by atoms with van der Waals surface area (Å²) < 4.78 is 0.955. The predicted molar refractivity (Wildman–Crippen MR) is 121 cm³/mol. The maximum absolute atomic E-state index is 12.7. The van der Waals surface area contributed by atoms with Gasteiger partial charge in [0.2, 0.25) is 11.0 Å². The van der Waals surface area contributed by atoms with Crippen molar-refractivity contribution in [3.8, 4) is 0 Å². The highest BCUT2D eigenvalue weighted by Gasteiger charge is 2.34. The number of aromatic nitrogens is 2. The first-order valence-corrected chi connectivity index (χ1v) is 11.3. The maximum Gasteiger partial charge on any atom is 0.269 e. The molecule has 0 bridgehead atoms. The van der Waals surface area contributed by atoms with Crippen molar-refractivity contribution >= 4 is 67.0 Å². The lowest BCUT2D eigenvalue weighted by atomic mass is 10.1. The van der Waals surface area contributed by atoms with E-state index in [0.717, 1.165) is 20.8 Å². The molecule has 2 aromatic carbocycles. The Balaban J connectivity index is 1.32.